The van der Waals surface area contributed by atoms with Crippen LogP contribution in [0.4, 0.5) is 0 Å². The Kier molecular flexibility index (Phi) is 4.13. The van der Waals surface area contributed by atoms with Crippen molar-refractivity contribution < 1.29 is 24.3 Å². The SMILES string of the molecule is COC(=O)C1C(OC(=O)c2ccccc2)CC2CCC1N2[O]. The molecule has 2 aliphatic heterocycles. The summed E-state index contributed by atoms with van der Waals surface area (Å²) in [6, 6.07) is 7.99. The summed E-state index contributed by atoms with van der Waals surface area (Å²) >= 11 is 0. The molecule has 2 bridgehead atoms. The molecule has 117 valence electrons. The fourth-order valence-corrected chi connectivity index (χ4v) is 3.46. The van der Waals surface area contributed by atoms with Crippen LogP contribution in [-0.4, -0.2) is 42.3 Å². The summed E-state index contributed by atoms with van der Waals surface area (Å²) in [5.41, 5.74) is 0.433. The van der Waals surface area contributed by atoms with Gasteiger partial charge in [-0.3, -0.25) is 4.79 Å². The zero-order valence-corrected chi connectivity index (χ0v) is 12.3. The van der Waals surface area contributed by atoms with Crippen LogP contribution < -0.4 is 0 Å². The van der Waals surface area contributed by atoms with E-state index in [9.17, 15) is 14.8 Å². The summed E-state index contributed by atoms with van der Waals surface area (Å²) in [5.74, 6) is -1.68. The van der Waals surface area contributed by atoms with Crippen LogP contribution >= 0.6 is 0 Å². The van der Waals surface area contributed by atoms with Gasteiger partial charge in [0.2, 0.25) is 0 Å². The standard InChI is InChI=1S/C16H18NO5/c1-21-16(19)14-12-8-7-11(17(12)20)9-13(14)22-15(18)10-5-3-2-4-6-10/h2-6,11-14H,7-9H2,1H3. The molecule has 2 saturated heterocycles. The maximum atomic E-state index is 12.2. The van der Waals surface area contributed by atoms with Crippen molar-refractivity contribution in [3.8, 4) is 0 Å². The van der Waals surface area contributed by atoms with E-state index in [1.165, 1.54) is 7.11 Å². The molecule has 4 unspecified atom stereocenters. The van der Waals surface area contributed by atoms with Gasteiger partial charge in [-0.05, 0) is 25.0 Å². The summed E-state index contributed by atoms with van der Waals surface area (Å²) in [6.45, 7) is 0. The lowest BCUT2D eigenvalue weighted by Crippen LogP contribution is -2.53. The first-order chi connectivity index (χ1) is 10.6. The number of ether oxygens (including phenoxy) is 2. The van der Waals surface area contributed by atoms with Crippen LogP contribution in [0.3, 0.4) is 0 Å². The second-order valence-electron chi connectivity index (χ2n) is 5.75. The van der Waals surface area contributed by atoms with Crippen molar-refractivity contribution in [3.05, 3.63) is 35.9 Å². The number of carbonyl (C=O) groups excluding carboxylic acids is 2. The lowest BCUT2D eigenvalue weighted by molar-refractivity contribution is -0.237. The number of hydroxylamine groups is 2. The van der Waals surface area contributed by atoms with Gasteiger partial charge in [-0.2, -0.15) is 0 Å². The number of benzene rings is 1. The highest BCUT2D eigenvalue weighted by Crippen LogP contribution is 2.40. The van der Waals surface area contributed by atoms with Gasteiger partial charge in [-0.1, -0.05) is 18.2 Å². The molecule has 4 atom stereocenters. The van der Waals surface area contributed by atoms with E-state index in [1.54, 1.807) is 24.3 Å². The molecule has 6 nitrogen and oxygen atoms in total. The first kappa shape index (κ1) is 15.0. The first-order valence-corrected chi connectivity index (χ1v) is 7.41. The van der Waals surface area contributed by atoms with Gasteiger partial charge in [-0.25, -0.2) is 4.79 Å². The summed E-state index contributed by atoms with van der Waals surface area (Å²) in [5, 5.41) is 13.1. The van der Waals surface area contributed by atoms with Gasteiger partial charge < -0.3 is 9.47 Å². The highest BCUT2D eigenvalue weighted by Gasteiger charge is 2.53. The van der Waals surface area contributed by atoms with E-state index < -0.39 is 30.0 Å². The van der Waals surface area contributed by atoms with E-state index in [4.69, 9.17) is 9.47 Å². The molecule has 1 radical (unpaired) electrons. The molecule has 1 aromatic carbocycles. The lowest BCUT2D eigenvalue weighted by Gasteiger charge is -2.37. The third-order valence-corrected chi connectivity index (χ3v) is 4.54. The minimum absolute atomic E-state index is 0.181. The van der Waals surface area contributed by atoms with Crippen LogP contribution in [0.1, 0.15) is 29.6 Å². The van der Waals surface area contributed by atoms with Gasteiger partial charge in [-0.15, -0.1) is 10.3 Å². The fourth-order valence-electron chi connectivity index (χ4n) is 3.46. The third-order valence-electron chi connectivity index (χ3n) is 4.54. The summed E-state index contributed by atoms with van der Waals surface area (Å²) in [4.78, 5) is 24.3. The van der Waals surface area contributed by atoms with Crippen LogP contribution in [0.2, 0.25) is 0 Å². The minimum Gasteiger partial charge on any atom is -0.469 e. The Hall–Kier alpha value is -1.92. The maximum Gasteiger partial charge on any atom is 0.338 e. The summed E-state index contributed by atoms with van der Waals surface area (Å²) in [6.07, 6.45) is 1.12. The molecule has 2 heterocycles. The fraction of sp³-hybridized carbons (Fsp3) is 0.500. The molecule has 0 N–H and O–H groups in total. The molecule has 0 spiro atoms. The van der Waals surface area contributed by atoms with Crippen molar-refractivity contribution in [3.63, 3.8) is 0 Å². The van der Waals surface area contributed by atoms with Crippen LogP contribution in [-0.2, 0) is 19.5 Å². The third kappa shape index (κ3) is 2.60. The number of carbonyl (C=O) groups is 2. The topological polar surface area (TPSA) is 75.7 Å². The van der Waals surface area contributed by atoms with Crippen molar-refractivity contribution in [1.82, 2.24) is 5.06 Å². The molecule has 6 heteroatoms. The Labute approximate surface area is 128 Å². The maximum absolute atomic E-state index is 12.2. The average Bonchev–Trinajstić information content (AvgIpc) is 2.78. The van der Waals surface area contributed by atoms with E-state index in [0.29, 0.717) is 18.4 Å². The molecular weight excluding hydrogens is 286 g/mol. The summed E-state index contributed by atoms with van der Waals surface area (Å²) < 4.78 is 10.3. The van der Waals surface area contributed by atoms with E-state index in [1.807, 2.05) is 6.07 Å². The van der Waals surface area contributed by atoms with Gasteiger partial charge >= 0.3 is 11.9 Å². The largest absolute Gasteiger partial charge is 0.469 e. The number of hydrogen-bond donors (Lipinski definition) is 0. The van der Waals surface area contributed by atoms with E-state index in [0.717, 1.165) is 11.5 Å². The van der Waals surface area contributed by atoms with E-state index in [2.05, 4.69) is 0 Å². The molecule has 2 aliphatic rings. The average molecular weight is 304 g/mol. The van der Waals surface area contributed by atoms with Crippen LogP contribution in [0.5, 0.6) is 0 Å². The number of hydrogen-bond acceptors (Lipinski definition) is 5. The van der Waals surface area contributed by atoms with Crippen LogP contribution in [0.15, 0.2) is 30.3 Å². The molecule has 1 aromatic rings. The molecule has 2 fully saturated rings. The Morgan fingerprint density at radius 1 is 1.18 bits per heavy atom. The molecule has 22 heavy (non-hydrogen) atoms. The van der Waals surface area contributed by atoms with Crippen molar-refractivity contribution >= 4 is 11.9 Å². The number of rotatable bonds is 3. The highest BCUT2D eigenvalue weighted by atomic mass is 16.6. The van der Waals surface area contributed by atoms with Crippen molar-refractivity contribution in [2.24, 2.45) is 5.92 Å². The number of esters is 2. The van der Waals surface area contributed by atoms with Crippen molar-refractivity contribution in [2.75, 3.05) is 7.11 Å². The van der Waals surface area contributed by atoms with Crippen LogP contribution in [0, 0.1) is 5.92 Å². The highest BCUT2D eigenvalue weighted by molar-refractivity contribution is 5.89. The molecule has 0 aromatic heterocycles. The van der Waals surface area contributed by atoms with Gasteiger partial charge in [0.25, 0.3) is 0 Å². The molecule has 0 aliphatic carbocycles. The predicted octanol–water partition coefficient (Wildman–Crippen LogP) is 1.58. The van der Waals surface area contributed by atoms with E-state index >= 15 is 0 Å². The Balaban J connectivity index is 1.79. The van der Waals surface area contributed by atoms with Gasteiger partial charge in [0.1, 0.15) is 12.0 Å². The Morgan fingerprint density at radius 3 is 2.59 bits per heavy atom. The number of methoxy groups -OCH3 is 1. The number of fused-ring (bicyclic) bond motifs is 2. The smallest absolute Gasteiger partial charge is 0.338 e. The number of nitrogens with zero attached hydrogens (tertiary/aromatic N) is 1. The monoisotopic (exact) mass is 304 g/mol. The zero-order valence-electron chi connectivity index (χ0n) is 12.3. The Morgan fingerprint density at radius 2 is 1.91 bits per heavy atom. The second kappa shape index (κ2) is 6.06. The number of piperidine rings is 1. The molecule has 0 amide bonds. The lowest BCUT2D eigenvalue weighted by atomic mass is 9.88. The molecule has 3 rings (SSSR count). The predicted molar refractivity (Wildman–Crippen MR) is 75.1 cm³/mol. The zero-order chi connectivity index (χ0) is 15.7. The Bertz CT molecular complexity index is 561. The molecule has 0 saturated carbocycles. The normalized spacial score (nSPS) is 30.8. The summed E-state index contributed by atoms with van der Waals surface area (Å²) in [7, 11) is 1.29. The second-order valence-corrected chi connectivity index (χ2v) is 5.75. The van der Waals surface area contributed by atoms with Gasteiger partial charge in [0.05, 0.1) is 18.7 Å². The van der Waals surface area contributed by atoms with E-state index in [-0.39, 0.29) is 6.04 Å². The van der Waals surface area contributed by atoms with Crippen LogP contribution in [0.25, 0.3) is 0 Å². The van der Waals surface area contributed by atoms with Crippen molar-refractivity contribution in [2.45, 2.75) is 37.5 Å². The first-order valence-electron chi connectivity index (χ1n) is 7.41. The van der Waals surface area contributed by atoms with Gasteiger partial charge in [0, 0.05) is 12.5 Å². The van der Waals surface area contributed by atoms with Gasteiger partial charge in [0.15, 0.2) is 0 Å². The minimum atomic E-state index is -0.714. The van der Waals surface area contributed by atoms with Crippen molar-refractivity contribution in [1.29, 1.82) is 0 Å². The quantitative estimate of drug-likeness (QED) is 0.793. The molecular formula is C16H18NO5.